The van der Waals surface area contributed by atoms with E-state index in [9.17, 15) is 14.7 Å². The number of aromatic nitrogens is 4. The first-order valence-electron chi connectivity index (χ1n) is 18.0. The molecule has 2 aromatic heterocycles. The molecule has 0 unspecified atom stereocenters. The zero-order valence-corrected chi connectivity index (χ0v) is 30.0. The molecule has 0 atom stereocenters. The molecule has 11 heteroatoms. The van der Waals surface area contributed by atoms with Gasteiger partial charge in [0.15, 0.2) is 6.61 Å². The van der Waals surface area contributed by atoms with Gasteiger partial charge >= 0.3 is 5.97 Å². The molecule has 0 aliphatic carbocycles. The number of H-pyrrole nitrogens is 2. The number of hydrogen-bond donors (Lipinski definition) is 3. The molecule has 0 saturated carbocycles. The highest BCUT2D eigenvalue weighted by molar-refractivity contribution is 5.86. The molecule has 0 fully saturated rings. The minimum atomic E-state index is -0.958. The van der Waals surface area contributed by atoms with Gasteiger partial charge in [-0.1, -0.05) is 19.9 Å². The fourth-order valence-corrected chi connectivity index (χ4v) is 6.20. The average Bonchev–Trinajstić information content (AvgIpc) is 3.78. The molecule has 11 nitrogen and oxygen atoms in total. The average molecular weight is 703 g/mol. The van der Waals surface area contributed by atoms with Crippen LogP contribution < -0.4 is 14.4 Å². The van der Waals surface area contributed by atoms with Crippen LogP contribution in [-0.4, -0.2) is 81.2 Å². The van der Waals surface area contributed by atoms with Gasteiger partial charge < -0.3 is 34.3 Å². The number of aliphatic carboxylic acids is 1. The monoisotopic (exact) mass is 702 g/mol. The molecule has 1 amide bonds. The lowest BCUT2D eigenvalue weighted by atomic mass is 10.2. The molecule has 4 aromatic carbocycles. The van der Waals surface area contributed by atoms with Crippen molar-refractivity contribution in [3.8, 4) is 34.3 Å². The molecule has 0 radical (unpaired) electrons. The molecule has 6 rings (SSSR count). The molecule has 0 aliphatic rings. The summed E-state index contributed by atoms with van der Waals surface area (Å²) in [6, 6.07) is 27.7. The number of carbonyl (C=O) groups is 2. The van der Waals surface area contributed by atoms with Crippen LogP contribution in [0.4, 0.5) is 5.69 Å². The van der Waals surface area contributed by atoms with Crippen molar-refractivity contribution in [2.24, 2.45) is 0 Å². The molecule has 0 spiro atoms. The van der Waals surface area contributed by atoms with Gasteiger partial charge in [0, 0.05) is 43.0 Å². The molecule has 52 heavy (non-hydrogen) atoms. The number of anilines is 1. The lowest BCUT2D eigenvalue weighted by Gasteiger charge is -2.24. The van der Waals surface area contributed by atoms with Crippen LogP contribution in [0.5, 0.6) is 11.5 Å². The topological polar surface area (TPSA) is 137 Å². The summed E-state index contributed by atoms with van der Waals surface area (Å²) in [4.78, 5) is 44.6. The quantitative estimate of drug-likeness (QED) is 0.0771. The minimum Gasteiger partial charge on any atom is -0.494 e. The van der Waals surface area contributed by atoms with Crippen LogP contribution >= 0.6 is 0 Å². The summed E-state index contributed by atoms with van der Waals surface area (Å²) >= 11 is 0. The first-order chi connectivity index (χ1) is 25.3. The summed E-state index contributed by atoms with van der Waals surface area (Å²) in [5.41, 5.74) is 7.91. The van der Waals surface area contributed by atoms with E-state index in [4.69, 9.17) is 19.4 Å². The third kappa shape index (κ3) is 9.08. The highest BCUT2D eigenvalue weighted by Crippen LogP contribution is 2.28. The summed E-state index contributed by atoms with van der Waals surface area (Å²) in [6.07, 6.45) is 2.51. The van der Waals surface area contributed by atoms with Gasteiger partial charge in [0.1, 0.15) is 23.1 Å². The van der Waals surface area contributed by atoms with Crippen LogP contribution in [0.2, 0.25) is 0 Å². The Morgan fingerprint density at radius 3 is 1.98 bits per heavy atom. The Kier molecular flexibility index (Phi) is 11.7. The largest absolute Gasteiger partial charge is 0.494 e. The molecular weight excluding hydrogens is 656 g/mol. The molecule has 0 bridgehead atoms. The number of carboxylic acid groups (broad SMARTS) is 1. The number of amides is 1. The van der Waals surface area contributed by atoms with Crippen LogP contribution in [0.1, 0.15) is 45.1 Å². The van der Waals surface area contributed by atoms with Crippen LogP contribution in [0.3, 0.4) is 0 Å². The number of imidazole rings is 2. The lowest BCUT2D eigenvalue weighted by Crippen LogP contribution is -2.37. The number of aryl methyl sites for hydroxylation is 1. The van der Waals surface area contributed by atoms with Crippen molar-refractivity contribution in [3.63, 3.8) is 0 Å². The van der Waals surface area contributed by atoms with E-state index in [2.05, 4.69) is 53.8 Å². The number of fused-ring (bicyclic) bond motifs is 2. The van der Waals surface area contributed by atoms with E-state index in [1.54, 1.807) is 0 Å². The fourth-order valence-electron chi connectivity index (χ4n) is 6.20. The number of aromatic amines is 2. The maximum atomic E-state index is 13.1. The standard InChI is InChI=1S/C41H46N6O5/c1-4-20-46(21-5-2)31-11-15-33(16-12-31)52-27-38(48)47(23-19-39(49)50)22-6-24-51-32-13-8-29(9-14-32)40-42-35-18-10-30(26-37(35)45-40)41-43-34-17-7-28(3)25-36(34)44-41/h7-18,25-26H,4-6,19-24,27H2,1-3H3,(H,42,45)(H,43,44)(H,49,50). The first-order valence-corrected chi connectivity index (χ1v) is 18.0. The van der Waals surface area contributed by atoms with E-state index in [0.29, 0.717) is 31.1 Å². The van der Waals surface area contributed by atoms with Gasteiger partial charge in [-0.15, -0.1) is 0 Å². The second-order valence-corrected chi connectivity index (χ2v) is 12.9. The van der Waals surface area contributed by atoms with E-state index in [-0.39, 0.29) is 25.5 Å². The predicted octanol–water partition coefficient (Wildman–Crippen LogP) is 7.86. The van der Waals surface area contributed by atoms with Gasteiger partial charge in [-0.05, 0) is 111 Å². The van der Waals surface area contributed by atoms with Gasteiger partial charge in [0.05, 0.1) is 35.1 Å². The number of hydrogen-bond acceptors (Lipinski definition) is 7. The van der Waals surface area contributed by atoms with Gasteiger partial charge in [-0.2, -0.15) is 0 Å². The van der Waals surface area contributed by atoms with Crippen LogP contribution in [0, 0.1) is 6.92 Å². The highest BCUT2D eigenvalue weighted by atomic mass is 16.5. The maximum Gasteiger partial charge on any atom is 0.305 e. The molecule has 270 valence electrons. The van der Waals surface area contributed by atoms with E-state index < -0.39 is 5.97 Å². The Labute approximate surface area is 303 Å². The number of ether oxygens (including phenoxy) is 2. The number of carboxylic acids is 1. The summed E-state index contributed by atoms with van der Waals surface area (Å²) in [5, 5.41) is 9.25. The fraction of sp³-hybridized carbons (Fsp3) is 0.317. The smallest absolute Gasteiger partial charge is 0.305 e. The number of nitrogens with zero attached hydrogens (tertiary/aromatic N) is 4. The number of nitrogens with one attached hydrogen (secondary N) is 2. The first kappa shape index (κ1) is 36.0. The Balaban J connectivity index is 1.00. The van der Waals surface area contributed by atoms with E-state index in [1.807, 2.05) is 66.7 Å². The van der Waals surface area contributed by atoms with Gasteiger partial charge in [-0.25, -0.2) is 9.97 Å². The summed E-state index contributed by atoms with van der Waals surface area (Å²) in [7, 11) is 0. The second kappa shape index (κ2) is 16.9. The van der Waals surface area contributed by atoms with Gasteiger partial charge in [-0.3, -0.25) is 9.59 Å². The zero-order chi connectivity index (χ0) is 36.5. The minimum absolute atomic E-state index is 0.102. The second-order valence-electron chi connectivity index (χ2n) is 12.9. The number of rotatable bonds is 18. The summed E-state index contributed by atoms with van der Waals surface area (Å²) in [6.45, 7) is 9.00. The van der Waals surface area contributed by atoms with Crippen molar-refractivity contribution >= 4 is 39.6 Å². The predicted molar refractivity (Wildman–Crippen MR) is 205 cm³/mol. The van der Waals surface area contributed by atoms with Crippen molar-refractivity contribution in [1.29, 1.82) is 0 Å². The molecule has 2 heterocycles. The van der Waals surface area contributed by atoms with Crippen molar-refractivity contribution < 1.29 is 24.2 Å². The third-order valence-corrected chi connectivity index (χ3v) is 8.86. The highest BCUT2D eigenvalue weighted by Gasteiger charge is 2.16. The summed E-state index contributed by atoms with van der Waals surface area (Å²) < 4.78 is 11.8. The zero-order valence-electron chi connectivity index (χ0n) is 30.0. The van der Waals surface area contributed by atoms with Crippen molar-refractivity contribution in [1.82, 2.24) is 24.8 Å². The van der Waals surface area contributed by atoms with Crippen LogP contribution in [0.25, 0.3) is 44.8 Å². The van der Waals surface area contributed by atoms with Crippen molar-refractivity contribution in [2.75, 3.05) is 44.3 Å². The third-order valence-electron chi connectivity index (χ3n) is 8.86. The SMILES string of the molecule is CCCN(CCC)c1ccc(OCC(=O)N(CCCOc2ccc(-c3nc4ccc(-c5nc6ccc(C)cc6[nH]5)cc4[nH]3)cc2)CCC(=O)O)cc1. The van der Waals surface area contributed by atoms with E-state index in [1.165, 1.54) is 10.5 Å². The molecule has 6 aromatic rings. The normalized spacial score (nSPS) is 11.2. The molecule has 0 aliphatic heterocycles. The Hall–Kier alpha value is -5.84. The van der Waals surface area contributed by atoms with Crippen molar-refractivity contribution in [2.45, 2.75) is 46.5 Å². The van der Waals surface area contributed by atoms with Crippen LogP contribution in [-0.2, 0) is 9.59 Å². The van der Waals surface area contributed by atoms with Gasteiger partial charge in [0.2, 0.25) is 0 Å². The molecule has 0 saturated heterocycles. The lowest BCUT2D eigenvalue weighted by molar-refractivity contribution is -0.139. The Morgan fingerprint density at radius 1 is 0.712 bits per heavy atom. The Morgan fingerprint density at radius 2 is 1.31 bits per heavy atom. The van der Waals surface area contributed by atoms with E-state index in [0.717, 1.165) is 76.5 Å². The van der Waals surface area contributed by atoms with Gasteiger partial charge in [0.25, 0.3) is 5.91 Å². The van der Waals surface area contributed by atoms with E-state index >= 15 is 0 Å². The Bertz CT molecular complexity index is 2100. The maximum absolute atomic E-state index is 13.1. The van der Waals surface area contributed by atoms with Crippen molar-refractivity contribution in [3.05, 3.63) is 90.5 Å². The number of carbonyl (C=O) groups excluding carboxylic acids is 1. The summed E-state index contributed by atoms with van der Waals surface area (Å²) in [5.74, 6) is 1.62. The van der Waals surface area contributed by atoms with Crippen LogP contribution in [0.15, 0.2) is 84.9 Å². The molecular formula is C41H46N6O5. The molecule has 3 N–H and O–H groups in total. The number of benzene rings is 4.